The lowest BCUT2D eigenvalue weighted by molar-refractivity contribution is -0.788. The van der Waals surface area contributed by atoms with Crippen LogP contribution in [0.4, 0.5) is 0 Å². The van der Waals surface area contributed by atoms with E-state index in [1.807, 2.05) is 12.1 Å². The maximum atomic E-state index is 10.3. The molecule has 1 rings (SSSR count). The summed E-state index contributed by atoms with van der Waals surface area (Å²) < 4.78 is 5.07. The first-order valence-electron chi connectivity index (χ1n) is 5.53. The van der Waals surface area contributed by atoms with Crippen molar-refractivity contribution in [2.24, 2.45) is 0 Å². The largest absolute Gasteiger partial charge is 0.497 e. The van der Waals surface area contributed by atoms with Crippen LogP contribution in [0.3, 0.4) is 0 Å². The number of rotatable bonds is 10. The molecule has 0 saturated carbocycles. The molecule has 0 aromatic heterocycles. The smallest absolute Gasteiger partial charge is 0.294 e. The Morgan fingerprint density at radius 1 is 1.29 bits per heavy atom. The molecule has 0 bridgehead atoms. The molecule has 21 heavy (non-hydrogen) atoms. The van der Waals surface area contributed by atoms with E-state index in [1.54, 1.807) is 19.2 Å². The Balaban J connectivity index is 2.43. The standard InChI is InChI=1S/C10H12N2O7S2/c1-17-8-3-2-4-10(5-8)21-20-7-9(19-12(15)16)6-18-11(13)14/h2-5,9H,6-7H2,1H3. The monoisotopic (exact) mass is 336 g/mol. The third-order valence-corrected chi connectivity index (χ3v) is 4.46. The molecule has 1 aromatic carbocycles. The molecule has 0 amide bonds. The van der Waals surface area contributed by atoms with Crippen molar-refractivity contribution in [3.8, 4) is 5.75 Å². The quantitative estimate of drug-likeness (QED) is 0.360. The maximum Gasteiger partial charge on any atom is 0.294 e. The van der Waals surface area contributed by atoms with Crippen molar-refractivity contribution in [1.82, 2.24) is 0 Å². The van der Waals surface area contributed by atoms with E-state index in [1.165, 1.54) is 21.6 Å². The Kier molecular flexibility index (Phi) is 7.46. The lowest BCUT2D eigenvalue weighted by Gasteiger charge is -2.12. The first kappa shape index (κ1) is 17.2. The van der Waals surface area contributed by atoms with Crippen molar-refractivity contribution >= 4 is 21.6 Å². The van der Waals surface area contributed by atoms with Crippen LogP contribution in [-0.4, -0.2) is 35.7 Å². The fourth-order valence-corrected chi connectivity index (χ4v) is 3.40. The summed E-state index contributed by atoms with van der Waals surface area (Å²) in [5.41, 5.74) is 0. The van der Waals surface area contributed by atoms with Crippen LogP contribution in [0.5, 0.6) is 5.75 Å². The second kappa shape index (κ2) is 9.13. The Bertz CT molecular complexity index is 488. The molecule has 0 N–H and O–H groups in total. The molecule has 0 heterocycles. The lowest BCUT2D eigenvalue weighted by Crippen LogP contribution is -2.26. The fourth-order valence-electron chi connectivity index (χ4n) is 1.21. The molecule has 116 valence electrons. The van der Waals surface area contributed by atoms with Gasteiger partial charge in [-0.15, -0.1) is 20.2 Å². The van der Waals surface area contributed by atoms with Gasteiger partial charge in [-0.05, 0) is 18.2 Å². The van der Waals surface area contributed by atoms with E-state index in [0.29, 0.717) is 5.75 Å². The molecule has 11 heteroatoms. The van der Waals surface area contributed by atoms with E-state index in [0.717, 1.165) is 4.90 Å². The van der Waals surface area contributed by atoms with Crippen LogP contribution in [-0.2, 0) is 9.68 Å². The highest BCUT2D eigenvalue weighted by Crippen LogP contribution is 2.33. The van der Waals surface area contributed by atoms with E-state index in [-0.39, 0.29) is 5.75 Å². The molecular formula is C10H12N2O7S2. The minimum absolute atomic E-state index is 0.150. The van der Waals surface area contributed by atoms with Crippen LogP contribution in [0.15, 0.2) is 29.2 Å². The zero-order valence-corrected chi connectivity index (χ0v) is 12.5. The number of methoxy groups -OCH3 is 1. The van der Waals surface area contributed by atoms with E-state index in [4.69, 9.17) is 4.74 Å². The highest BCUT2D eigenvalue weighted by molar-refractivity contribution is 8.76. The van der Waals surface area contributed by atoms with E-state index >= 15 is 0 Å². The van der Waals surface area contributed by atoms with Gasteiger partial charge in [-0.2, -0.15) is 0 Å². The molecule has 0 spiro atoms. The average molecular weight is 336 g/mol. The summed E-state index contributed by atoms with van der Waals surface area (Å²) in [6.45, 7) is -0.500. The zero-order chi connectivity index (χ0) is 15.7. The molecule has 1 atom stereocenters. The van der Waals surface area contributed by atoms with Gasteiger partial charge in [0.15, 0.2) is 0 Å². The van der Waals surface area contributed by atoms with Gasteiger partial charge in [0.25, 0.3) is 10.2 Å². The van der Waals surface area contributed by atoms with Gasteiger partial charge in [0.2, 0.25) is 0 Å². The minimum atomic E-state index is -1.02. The van der Waals surface area contributed by atoms with E-state index in [2.05, 4.69) is 9.68 Å². The van der Waals surface area contributed by atoms with Crippen LogP contribution in [0.1, 0.15) is 0 Å². The van der Waals surface area contributed by atoms with Gasteiger partial charge in [0.1, 0.15) is 18.5 Å². The highest BCUT2D eigenvalue weighted by atomic mass is 33.1. The van der Waals surface area contributed by atoms with Crippen LogP contribution in [0.2, 0.25) is 0 Å². The van der Waals surface area contributed by atoms with E-state index < -0.39 is 22.9 Å². The summed E-state index contributed by atoms with van der Waals surface area (Å²) in [6.07, 6.45) is -1.02. The van der Waals surface area contributed by atoms with Crippen molar-refractivity contribution in [3.63, 3.8) is 0 Å². The van der Waals surface area contributed by atoms with Crippen LogP contribution < -0.4 is 4.74 Å². The summed E-state index contributed by atoms with van der Waals surface area (Å²) >= 11 is 0. The average Bonchev–Trinajstić information content (AvgIpc) is 2.44. The van der Waals surface area contributed by atoms with Crippen LogP contribution >= 0.6 is 21.6 Å². The summed E-state index contributed by atoms with van der Waals surface area (Å²) in [4.78, 5) is 29.7. The van der Waals surface area contributed by atoms with Gasteiger partial charge in [-0.25, -0.2) is 0 Å². The Morgan fingerprint density at radius 3 is 2.67 bits per heavy atom. The predicted molar refractivity (Wildman–Crippen MR) is 76.1 cm³/mol. The molecular weight excluding hydrogens is 324 g/mol. The van der Waals surface area contributed by atoms with E-state index in [9.17, 15) is 20.2 Å². The van der Waals surface area contributed by atoms with Crippen molar-refractivity contribution in [1.29, 1.82) is 0 Å². The summed E-state index contributed by atoms with van der Waals surface area (Å²) in [6, 6.07) is 7.24. The number of benzene rings is 1. The van der Waals surface area contributed by atoms with Gasteiger partial charge in [0, 0.05) is 10.6 Å². The summed E-state index contributed by atoms with van der Waals surface area (Å²) in [5.74, 6) is 0.840. The molecule has 0 saturated heterocycles. The first-order chi connectivity index (χ1) is 10.0. The van der Waals surface area contributed by atoms with Crippen molar-refractivity contribution in [3.05, 3.63) is 44.5 Å². The topological polar surface area (TPSA) is 114 Å². The molecule has 1 aromatic rings. The number of nitrogens with zero attached hydrogens (tertiary/aromatic N) is 2. The predicted octanol–water partition coefficient (Wildman–Crippen LogP) is 2.22. The Morgan fingerprint density at radius 2 is 2.05 bits per heavy atom. The second-order valence-corrected chi connectivity index (χ2v) is 5.93. The summed E-state index contributed by atoms with van der Waals surface area (Å²) in [7, 11) is 4.15. The lowest BCUT2D eigenvalue weighted by atomic mass is 10.3. The molecule has 0 aliphatic carbocycles. The summed E-state index contributed by atoms with van der Waals surface area (Å²) in [5, 5.41) is 18.4. The van der Waals surface area contributed by atoms with Gasteiger partial charge in [0.05, 0.1) is 7.11 Å². The third-order valence-electron chi connectivity index (χ3n) is 2.05. The number of hydrogen-bond acceptors (Lipinski definition) is 9. The van der Waals surface area contributed by atoms with Gasteiger partial charge in [-0.1, -0.05) is 27.7 Å². The number of ether oxygens (including phenoxy) is 1. The molecule has 0 aliphatic rings. The van der Waals surface area contributed by atoms with Crippen LogP contribution in [0.25, 0.3) is 0 Å². The normalized spacial score (nSPS) is 11.5. The Hall–Kier alpha value is -1.88. The number of hydrogen-bond donors (Lipinski definition) is 0. The molecule has 0 aliphatic heterocycles. The maximum absolute atomic E-state index is 10.3. The first-order valence-corrected chi connectivity index (χ1v) is 7.85. The SMILES string of the molecule is COc1cccc(SSCC(CO[N+](=O)[O-])O[N+](=O)[O-])c1. The molecule has 1 unspecified atom stereocenters. The van der Waals surface area contributed by atoms with Gasteiger partial charge >= 0.3 is 0 Å². The van der Waals surface area contributed by atoms with Crippen LogP contribution in [0, 0.1) is 20.2 Å². The Labute approximate surface area is 127 Å². The zero-order valence-electron chi connectivity index (χ0n) is 10.9. The molecule has 9 nitrogen and oxygen atoms in total. The van der Waals surface area contributed by atoms with Crippen molar-refractivity contribution < 1.29 is 24.6 Å². The highest BCUT2D eigenvalue weighted by Gasteiger charge is 2.16. The fraction of sp³-hybridized carbons (Fsp3) is 0.400. The van der Waals surface area contributed by atoms with Crippen molar-refractivity contribution in [2.75, 3.05) is 19.5 Å². The minimum Gasteiger partial charge on any atom is -0.497 e. The second-order valence-electron chi connectivity index (χ2n) is 3.52. The molecule has 0 radical (unpaired) electrons. The van der Waals surface area contributed by atoms with Gasteiger partial charge in [-0.3, -0.25) is 0 Å². The molecule has 0 fully saturated rings. The van der Waals surface area contributed by atoms with Gasteiger partial charge < -0.3 is 14.4 Å². The third kappa shape index (κ3) is 7.46. The van der Waals surface area contributed by atoms with Crippen molar-refractivity contribution in [2.45, 2.75) is 11.0 Å².